The number of benzene rings is 1. The smallest absolute Gasteiger partial charge is 0.228 e. The van der Waals surface area contributed by atoms with Crippen LogP contribution in [0.25, 0.3) is 0 Å². The second-order valence-electron chi connectivity index (χ2n) is 4.78. The van der Waals surface area contributed by atoms with Crippen LogP contribution in [0.5, 0.6) is 0 Å². The first kappa shape index (κ1) is 13.1. The highest BCUT2D eigenvalue weighted by molar-refractivity contribution is 5.95. The van der Waals surface area contributed by atoms with Gasteiger partial charge in [-0.1, -0.05) is 31.5 Å². The number of hydrogen-bond donors (Lipinski definition) is 1. The van der Waals surface area contributed by atoms with Gasteiger partial charge in [0.25, 0.3) is 0 Å². The van der Waals surface area contributed by atoms with Gasteiger partial charge in [0.2, 0.25) is 5.91 Å². The Hall–Kier alpha value is -1.35. The molecule has 0 aliphatic carbocycles. The Labute approximate surface area is 109 Å². The van der Waals surface area contributed by atoms with Gasteiger partial charge in [-0.25, -0.2) is 0 Å². The van der Waals surface area contributed by atoms with E-state index >= 15 is 0 Å². The average Bonchev–Trinajstić information content (AvgIpc) is 2.82. The summed E-state index contributed by atoms with van der Waals surface area (Å²) in [6, 6.07) is 8.20. The lowest BCUT2D eigenvalue weighted by Gasteiger charge is -2.17. The first-order valence-corrected chi connectivity index (χ1v) is 6.92. The number of rotatable bonds is 6. The highest BCUT2D eigenvalue weighted by atomic mass is 16.2. The van der Waals surface area contributed by atoms with Crippen molar-refractivity contribution >= 4 is 11.6 Å². The topological polar surface area (TPSA) is 32.3 Å². The normalized spacial score (nSPS) is 13.7. The molecule has 1 N–H and O–H groups in total. The van der Waals surface area contributed by atoms with Crippen molar-refractivity contribution in [2.75, 3.05) is 24.5 Å². The monoisotopic (exact) mass is 246 g/mol. The summed E-state index contributed by atoms with van der Waals surface area (Å²) < 4.78 is 0. The summed E-state index contributed by atoms with van der Waals surface area (Å²) >= 11 is 0. The number of anilines is 1. The fourth-order valence-corrected chi connectivity index (χ4v) is 2.35. The van der Waals surface area contributed by atoms with Gasteiger partial charge >= 0.3 is 0 Å². The van der Waals surface area contributed by atoms with E-state index in [-0.39, 0.29) is 5.91 Å². The summed E-state index contributed by atoms with van der Waals surface area (Å²) in [5.74, 6) is 0.240. The van der Waals surface area contributed by atoms with E-state index in [2.05, 4.69) is 18.3 Å². The van der Waals surface area contributed by atoms with Gasteiger partial charge in [-0.2, -0.15) is 0 Å². The van der Waals surface area contributed by atoms with E-state index in [0.717, 1.165) is 31.7 Å². The Balaban J connectivity index is 1.80. The Kier molecular flexibility index (Phi) is 4.76. The summed E-state index contributed by atoms with van der Waals surface area (Å²) in [7, 11) is 0. The fourth-order valence-electron chi connectivity index (χ4n) is 2.35. The number of para-hydroxylation sites is 1. The predicted octanol–water partition coefficient (Wildman–Crippen LogP) is 2.36. The van der Waals surface area contributed by atoms with Crippen LogP contribution in [-0.2, 0) is 11.2 Å². The summed E-state index contributed by atoms with van der Waals surface area (Å²) in [4.78, 5) is 14.1. The van der Waals surface area contributed by atoms with Crippen molar-refractivity contribution in [3.05, 3.63) is 29.8 Å². The zero-order valence-electron chi connectivity index (χ0n) is 11.1. The van der Waals surface area contributed by atoms with E-state index in [4.69, 9.17) is 0 Å². The van der Waals surface area contributed by atoms with Crippen molar-refractivity contribution in [1.29, 1.82) is 0 Å². The lowest BCUT2D eigenvalue weighted by Crippen LogP contribution is -2.31. The zero-order valence-corrected chi connectivity index (χ0v) is 11.1. The molecule has 2 rings (SSSR count). The molecule has 1 amide bonds. The van der Waals surface area contributed by atoms with E-state index in [9.17, 15) is 4.79 Å². The molecule has 0 fully saturated rings. The summed E-state index contributed by atoms with van der Waals surface area (Å²) in [5.41, 5.74) is 2.40. The van der Waals surface area contributed by atoms with Gasteiger partial charge in [-0.3, -0.25) is 4.79 Å². The molecule has 98 valence electrons. The Morgan fingerprint density at radius 3 is 3.00 bits per heavy atom. The minimum atomic E-state index is 0.240. The van der Waals surface area contributed by atoms with E-state index in [1.807, 2.05) is 23.1 Å². The van der Waals surface area contributed by atoms with Gasteiger partial charge in [0.05, 0.1) is 0 Å². The first-order valence-electron chi connectivity index (χ1n) is 6.92. The number of carbonyl (C=O) groups is 1. The maximum Gasteiger partial charge on any atom is 0.228 e. The van der Waals surface area contributed by atoms with E-state index in [1.54, 1.807) is 0 Å². The second kappa shape index (κ2) is 6.55. The third kappa shape index (κ3) is 3.10. The molecule has 1 aromatic rings. The minimum Gasteiger partial charge on any atom is -0.316 e. The van der Waals surface area contributed by atoms with Gasteiger partial charge in [0.15, 0.2) is 0 Å². The van der Waals surface area contributed by atoms with Gasteiger partial charge < -0.3 is 10.2 Å². The van der Waals surface area contributed by atoms with E-state index < -0.39 is 0 Å². The maximum atomic E-state index is 12.1. The summed E-state index contributed by atoms with van der Waals surface area (Å²) in [6.45, 7) is 4.82. The molecule has 0 bridgehead atoms. The fraction of sp³-hybridized carbons (Fsp3) is 0.533. The number of nitrogens with one attached hydrogen (secondary N) is 1. The molecule has 0 spiro atoms. The van der Waals surface area contributed by atoms with Crippen LogP contribution in [0.3, 0.4) is 0 Å². The number of carbonyl (C=O) groups excluding carboxylic acids is 1. The molecule has 3 nitrogen and oxygen atoms in total. The molecule has 1 aliphatic heterocycles. The molecule has 0 unspecified atom stereocenters. The van der Waals surface area contributed by atoms with Gasteiger partial charge in [-0.15, -0.1) is 0 Å². The van der Waals surface area contributed by atoms with Crippen LogP contribution in [0.4, 0.5) is 5.69 Å². The highest BCUT2D eigenvalue weighted by Gasteiger charge is 2.23. The zero-order chi connectivity index (χ0) is 12.8. The molecule has 0 saturated carbocycles. The standard InChI is InChI=1S/C15H22N2O/c1-2-3-10-16-11-8-15(18)17-12-9-13-6-4-5-7-14(13)17/h4-7,16H,2-3,8-12H2,1H3. The lowest BCUT2D eigenvalue weighted by molar-refractivity contribution is -0.118. The Bertz CT molecular complexity index is 403. The summed E-state index contributed by atoms with van der Waals surface area (Å²) in [5, 5.41) is 3.32. The molecular formula is C15H22N2O. The minimum absolute atomic E-state index is 0.240. The number of hydrogen-bond acceptors (Lipinski definition) is 2. The van der Waals surface area contributed by atoms with E-state index in [1.165, 1.54) is 18.4 Å². The van der Waals surface area contributed by atoms with Crippen molar-refractivity contribution in [3.63, 3.8) is 0 Å². The molecule has 18 heavy (non-hydrogen) atoms. The molecule has 1 aromatic carbocycles. The largest absolute Gasteiger partial charge is 0.316 e. The van der Waals surface area contributed by atoms with Gasteiger partial charge in [0.1, 0.15) is 0 Å². The van der Waals surface area contributed by atoms with Crippen molar-refractivity contribution < 1.29 is 4.79 Å². The third-order valence-corrected chi connectivity index (χ3v) is 3.41. The Morgan fingerprint density at radius 2 is 2.17 bits per heavy atom. The van der Waals surface area contributed by atoms with Gasteiger partial charge in [-0.05, 0) is 31.0 Å². The number of unbranched alkanes of at least 4 members (excludes halogenated alkanes) is 1. The van der Waals surface area contributed by atoms with Crippen molar-refractivity contribution in [2.24, 2.45) is 0 Å². The maximum absolute atomic E-state index is 12.1. The predicted molar refractivity (Wildman–Crippen MR) is 74.9 cm³/mol. The molecule has 1 aliphatic rings. The molecular weight excluding hydrogens is 224 g/mol. The molecule has 1 heterocycles. The first-order chi connectivity index (χ1) is 8.83. The molecule has 3 heteroatoms. The van der Waals surface area contributed by atoms with Crippen LogP contribution < -0.4 is 10.2 Å². The van der Waals surface area contributed by atoms with E-state index in [0.29, 0.717) is 6.42 Å². The second-order valence-corrected chi connectivity index (χ2v) is 4.78. The summed E-state index contributed by atoms with van der Waals surface area (Å²) in [6.07, 6.45) is 3.96. The van der Waals surface area contributed by atoms with Crippen LogP contribution >= 0.6 is 0 Å². The van der Waals surface area contributed by atoms with Crippen LogP contribution in [0.2, 0.25) is 0 Å². The van der Waals surface area contributed by atoms with Gasteiger partial charge in [0, 0.05) is 25.2 Å². The number of amides is 1. The van der Waals surface area contributed by atoms with Crippen LogP contribution in [0.1, 0.15) is 31.7 Å². The number of nitrogens with zero attached hydrogens (tertiary/aromatic N) is 1. The molecule has 0 atom stereocenters. The van der Waals surface area contributed by atoms with Crippen molar-refractivity contribution in [3.8, 4) is 0 Å². The molecule has 0 aromatic heterocycles. The molecule has 0 saturated heterocycles. The lowest BCUT2D eigenvalue weighted by atomic mass is 10.2. The number of fused-ring (bicyclic) bond motifs is 1. The van der Waals surface area contributed by atoms with Crippen molar-refractivity contribution in [1.82, 2.24) is 5.32 Å². The average molecular weight is 246 g/mol. The van der Waals surface area contributed by atoms with Crippen molar-refractivity contribution in [2.45, 2.75) is 32.6 Å². The third-order valence-electron chi connectivity index (χ3n) is 3.41. The van der Waals surface area contributed by atoms with Crippen LogP contribution in [-0.4, -0.2) is 25.5 Å². The highest BCUT2D eigenvalue weighted by Crippen LogP contribution is 2.27. The van der Waals surface area contributed by atoms with Crippen LogP contribution in [0.15, 0.2) is 24.3 Å². The SMILES string of the molecule is CCCCNCCC(=O)N1CCc2ccccc21. The quantitative estimate of drug-likeness (QED) is 0.781. The Morgan fingerprint density at radius 1 is 1.33 bits per heavy atom. The van der Waals surface area contributed by atoms with Crippen LogP contribution in [0, 0.1) is 0 Å². The molecule has 0 radical (unpaired) electrons.